The Hall–Kier alpha value is -3.84. The molecule has 0 amide bonds. The highest BCUT2D eigenvalue weighted by Crippen LogP contribution is 2.37. The molecule has 0 bridgehead atoms. The fourth-order valence-corrected chi connectivity index (χ4v) is 4.50. The number of hydrogen-bond donors (Lipinski definition) is 1. The third kappa shape index (κ3) is 3.60. The number of rotatable bonds is 4. The summed E-state index contributed by atoms with van der Waals surface area (Å²) in [6, 6.07) is 19.0. The van der Waals surface area contributed by atoms with E-state index in [9.17, 15) is 4.39 Å². The summed E-state index contributed by atoms with van der Waals surface area (Å²) in [6.07, 6.45) is 4.55. The van der Waals surface area contributed by atoms with Gasteiger partial charge in [0.25, 0.3) is 0 Å². The van der Waals surface area contributed by atoms with E-state index in [1.807, 2.05) is 47.3 Å². The molecule has 4 heterocycles. The summed E-state index contributed by atoms with van der Waals surface area (Å²) in [7, 11) is 0. The summed E-state index contributed by atoms with van der Waals surface area (Å²) in [5.74, 6) is 0.456. The summed E-state index contributed by atoms with van der Waals surface area (Å²) in [5.41, 5.74) is 4.71. The Labute approximate surface area is 190 Å². The van der Waals surface area contributed by atoms with Crippen molar-refractivity contribution in [2.24, 2.45) is 0 Å². The molecule has 1 fully saturated rings. The highest BCUT2D eigenvalue weighted by atomic mass is 19.1. The zero-order chi connectivity index (χ0) is 22.4. The number of hydrogen-bond acceptors (Lipinski definition) is 5. The van der Waals surface area contributed by atoms with Gasteiger partial charge in [-0.2, -0.15) is 5.10 Å². The average Bonchev–Trinajstić information content (AvgIpc) is 3.58. The van der Waals surface area contributed by atoms with Crippen molar-refractivity contribution in [2.75, 3.05) is 6.54 Å². The first-order valence-corrected chi connectivity index (χ1v) is 11.0. The van der Waals surface area contributed by atoms with Crippen molar-refractivity contribution in [2.45, 2.75) is 25.4 Å². The monoisotopic (exact) mass is 439 g/mol. The lowest BCUT2D eigenvalue weighted by Crippen LogP contribution is -2.17. The maximum atomic E-state index is 13.6. The fourth-order valence-electron chi connectivity index (χ4n) is 4.50. The van der Waals surface area contributed by atoms with Crippen LogP contribution >= 0.6 is 0 Å². The predicted octanol–water partition coefficient (Wildman–Crippen LogP) is 5.48. The zero-order valence-corrected chi connectivity index (χ0v) is 18.1. The van der Waals surface area contributed by atoms with Crippen molar-refractivity contribution >= 4 is 11.1 Å². The molecule has 3 aromatic heterocycles. The zero-order valence-electron chi connectivity index (χ0n) is 18.1. The quantitative estimate of drug-likeness (QED) is 0.401. The lowest BCUT2D eigenvalue weighted by Gasteiger charge is -2.08. The molecule has 5 aromatic rings. The molecule has 0 spiro atoms. The molecule has 164 valence electrons. The number of fused-ring (bicyclic) bond motifs is 1. The van der Waals surface area contributed by atoms with Crippen LogP contribution in [0.2, 0.25) is 0 Å². The maximum Gasteiger partial charge on any atom is 0.230 e. The fraction of sp³-hybridized carbons (Fsp3) is 0.192. The Bertz CT molecular complexity index is 1420. The van der Waals surface area contributed by atoms with Crippen molar-refractivity contribution in [3.8, 4) is 33.8 Å². The van der Waals surface area contributed by atoms with Gasteiger partial charge in [0.05, 0.1) is 17.1 Å². The summed E-state index contributed by atoms with van der Waals surface area (Å²) in [6.45, 7) is 3.03. The number of nitrogens with one attached hydrogen (secondary N) is 1. The molecule has 0 radical (unpaired) electrons. The van der Waals surface area contributed by atoms with Crippen molar-refractivity contribution < 1.29 is 8.81 Å². The van der Waals surface area contributed by atoms with Crippen molar-refractivity contribution in [1.29, 1.82) is 0 Å². The van der Waals surface area contributed by atoms with E-state index in [0.29, 0.717) is 11.8 Å². The Kier molecular flexibility index (Phi) is 4.77. The van der Waals surface area contributed by atoms with E-state index in [2.05, 4.69) is 22.2 Å². The van der Waals surface area contributed by atoms with E-state index >= 15 is 0 Å². The van der Waals surface area contributed by atoms with Crippen molar-refractivity contribution in [3.05, 3.63) is 79.0 Å². The molecule has 0 unspecified atom stereocenters. The van der Waals surface area contributed by atoms with Crippen molar-refractivity contribution in [1.82, 2.24) is 25.1 Å². The lowest BCUT2D eigenvalue weighted by atomic mass is 10.0. The van der Waals surface area contributed by atoms with Crippen LogP contribution in [0.15, 0.2) is 77.6 Å². The van der Waals surface area contributed by atoms with E-state index in [-0.39, 0.29) is 11.9 Å². The Morgan fingerprint density at radius 2 is 1.82 bits per heavy atom. The van der Waals surface area contributed by atoms with Gasteiger partial charge in [-0.05, 0) is 43.7 Å². The third-order valence-electron chi connectivity index (χ3n) is 6.19. The molecule has 0 saturated carbocycles. The van der Waals surface area contributed by atoms with Crippen LogP contribution in [-0.4, -0.2) is 32.3 Å². The van der Waals surface area contributed by atoms with Crippen LogP contribution in [0, 0.1) is 5.82 Å². The van der Waals surface area contributed by atoms with E-state index < -0.39 is 0 Å². The van der Waals surface area contributed by atoms with E-state index in [4.69, 9.17) is 9.52 Å². The summed E-state index contributed by atoms with van der Waals surface area (Å²) < 4.78 is 21.7. The van der Waals surface area contributed by atoms with E-state index in [0.717, 1.165) is 52.2 Å². The Balaban J connectivity index is 1.52. The number of nitrogens with zero attached hydrogens (tertiary/aromatic N) is 4. The molecule has 1 N–H and O–H groups in total. The smallest absolute Gasteiger partial charge is 0.230 e. The van der Waals surface area contributed by atoms with Crippen LogP contribution in [-0.2, 0) is 0 Å². The largest absolute Gasteiger partial charge is 0.438 e. The second-order valence-electron chi connectivity index (χ2n) is 8.49. The molecular weight excluding hydrogens is 417 g/mol. The minimum atomic E-state index is -0.277. The number of aromatic nitrogens is 4. The van der Waals surface area contributed by atoms with Gasteiger partial charge in [0.1, 0.15) is 23.6 Å². The van der Waals surface area contributed by atoms with Gasteiger partial charge in [-0.3, -0.25) is 4.68 Å². The third-order valence-corrected chi connectivity index (χ3v) is 6.19. The standard InChI is InChI=1S/C26H22FN5O/c1-16-11-20(13-28-16)32-14-22(24(31-32)18-7-9-19(27)10-8-18)25-21-12-23(17-5-3-2-4-6-17)33-26(21)30-15-29-25/h2-10,12,14-16,20,28H,11,13H2,1H3/t16-,20+/m0/s1. The summed E-state index contributed by atoms with van der Waals surface area (Å²) in [4.78, 5) is 8.99. The minimum Gasteiger partial charge on any atom is -0.438 e. The molecular formula is C26H22FN5O. The number of furan rings is 1. The van der Waals surface area contributed by atoms with E-state index in [1.54, 1.807) is 12.1 Å². The first-order valence-electron chi connectivity index (χ1n) is 11.0. The molecule has 2 aromatic carbocycles. The van der Waals surface area contributed by atoms with Crippen LogP contribution < -0.4 is 5.32 Å². The molecule has 1 saturated heterocycles. The number of benzene rings is 2. The first-order chi connectivity index (χ1) is 16.2. The van der Waals surface area contributed by atoms with Gasteiger partial charge in [0, 0.05) is 35.5 Å². The predicted molar refractivity (Wildman–Crippen MR) is 125 cm³/mol. The second kappa shape index (κ2) is 7.94. The topological polar surface area (TPSA) is 68.8 Å². The Morgan fingerprint density at radius 3 is 2.58 bits per heavy atom. The van der Waals surface area contributed by atoms with Crippen LogP contribution in [0.3, 0.4) is 0 Å². The molecule has 6 nitrogen and oxygen atoms in total. The summed E-state index contributed by atoms with van der Waals surface area (Å²) >= 11 is 0. The molecule has 33 heavy (non-hydrogen) atoms. The average molecular weight is 439 g/mol. The van der Waals surface area contributed by atoms with Crippen LogP contribution in [0.4, 0.5) is 4.39 Å². The molecule has 2 atom stereocenters. The van der Waals surface area contributed by atoms with Gasteiger partial charge in [-0.25, -0.2) is 14.4 Å². The van der Waals surface area contributed by atoms with Gasteiger partial charge in [-0.15, -0.1) is 0 Å². The Morgan fingerprint density at radius 1 is 1.00 bits per heavy atom. The molecule has 0 aliphatic carbocycles. The van der Waals surface area contributed by atoms with Crippen LogP contribution in [0.5, 0.6) is 0 Å². The van der Waals surface area contributed by atoms with Gasteiger partial charge in [0.15, 0.2) is 0 Å². The molecule has 1 aliphatic rings. The summed E-state index contributed by atoms with van der Waals surface area (Å²) in [5, 5.41) is 9.24. The van der Waals surface area contributed by atoms with Gasteiger partial charge in [-0.1, -0.05) is 30.3 Å². The molecule has 6 rings (SSSR count). The minimum absolute atomic E-state index is 0.245. The first kappa shape index (κ1) is 19.8. The molecule has 1 aliphatic heterocycles. The van der Waals surface area contributed by atoms with Crippen LogP contribution in [0.25, 0.3) is 44.9 Å². The lowest BCUT2D eigenvalue weighted by molar-refractivity contribution is 0.484. The maximum absolute atomic E-state index is 13.6. The normalized spacial score (nSPS) is 18.2. The van der Waals surface area contributed by atoms with Gasteiger partial charge < -0.3 is 9.73 Å². The number of halogens is 1. The SMILES string of the molecule is C[C@H]1C[C@@H](n2cc(-c3ncnc4oc(-c5ccccc5)cc34)c(-c3ccc(F)cc3)n2)CN1. The second-order valence-corrected chi connectivity index (χ2v) is 8.49. The van der Waals surface area contributed by atoms with Gasteiger partial charge in [0.2, 0.25) is 5.71 Å². The molecule has 7 heteroatoms. The van der Waals surface area contributed by atoms with E-state index in [1.165, 1.54) is 18.5 Å². The highest BCUT2D eigenvalue weighted by Gasteiger charge is 2.26. The van der Waals surface area contributed by atoms with Gasteiger partial charge >= 0.3 is 0 Å². The van der Waals surface area contributed by atoms with Crippen molar-refractivity contribution in [3.63, 3.8) is 0 Å². The van der Waals surface area contributed by atoms with Crippen LogP contribution in [0.1, 0.15) is 19.4 Å². The highest BCUT2D eigenvalue weighted by molar-refractivity contribution is 5.95.